The second kappa shape index (κ2) is 8.69. The Morgan fingerprint density at radius 1 is 1.13 bits per heavy atom. The number of nitrogens with zero attached hydrogens (tertiary/aromatic N) is 1. The minimum absolute atomic E-state index is 0.212. The van der Waals surface area contributed by atoms with Gasteiger partial charge in [0.15, 0.2) is 0 Å². The third kappa shape index (κ3) is 4.29. The topological polar surface area (TPSA) is 95.6 Å². The molecule has 1 atom stereocenters. The monoisotopic (exact) mass is 459 g/mol. The molecule has 0 saturated carbocycles. The van der Waals surface area contributed by atoms with Crippen LogP contribution in [0.4, 0.5) is 0 Å². The Morgan fingerprint density at radius 2 is 1.94 bits per heavy atom. The summed E-state index contributed by atoms with van der Waals surface area (Å²) < 4.78 is 0. The van der Waals surface area contributed by atoms with Crippen molar-refractivity contribution in [3.8, 4) is 0 Å². The lowest BCUT2D eigenvalue weighted by molar-refractivity contribution is -0.136. The van der Waals surface area contributed by atoms with Gasteiger partial charge in [0.1, 0.15) is 6.04 Å². The van der Waals surface area contributed by atoms with Gasteiger partial charge in [0.25, 0.3) is 11.8 Å². The molecule has 4 rings (SSSR count). The van der Waals surface area contributed by atoms with Gasteiger partial charge in [-0.3, -0.25) is 24.5 Å². The van der Waals surface area contributed by atoms with Crippen LogP contribution in [-0.2, 0) is 22.6 Å². The summed E-state index contributed by atoms with van der Waals surface area (Å²) >= 11 is 11.8. The van der Waals surface area contributed by atoms with Crippen LogP contribution in [0.1, 0.15) is 44.7 Å². The first kappa shape index (κ1) is 21.3. The zero-order chi connectivity index (χ0) is 22.1. The summed E-state index contributed by atoms with van der Waals surface area (Å²) in [5.74, 6) is -1.24. The highest BCUT2D eigenvalue weighted by Crippen LogP contribution is 2.30. The average Bonchev–Trinajstić information content (AvgIpc) is 3.07. The van der Waals surface area contributed by atoms with E-state index in [9.17, 15) is 19.2 Å². The molecule has 2 aromatic rings. The Hall–Kier alpha value is -2.90. The lowest BCUT2D eigenvalue weighted by atomic mass is 10.0. The molecular weight excluding hydrogens is 441 g/mol. The van der Waals surface area contributed by atoms with Crippen molar-refractivity contribution in [2.75, 3.05) is 6.54 Å². The van der Waals surface area contributed by atoms with E-state index >= 15 is 0 Å². The largest absolute Gasteiger partial charge is 0.352 e. The predicted molar refractivity (Wildman–Crippen MR) is 115 cm³/mol. The number of carbonyl (C=O) groups is 4. The first-order valence-electron chi connectivity index (χ1n) is 9.84. The highest BCUT2D eigenvalue weighted by atomic mass is 35.5. The van der Waals surface area contributed by atoms with Crippen molar-refractivity contribution in [2.45, 2.75) is 31.8 Å². The van der Waals surface area contributed by atoms with Crippen LogP contribution >= 0.6 is 23.2 Å². The molecule has 0 aromatic heterocycles. The van der Waals surface area contributed by atoms with E-state index in [-0.39, 0.29) is 24.1 Å². The molecule has 2 aromatic carbocycles. The normalized spacial score (nSPS) is 18.1. The predicted octanol–water partition coefficient (Wildman–Crippen LogP) is 2.73. The molecule has 0 bridgehead atoms. The summed E-state index contributed by atoms with van der Waals surface area (Å²) in [6, 6.07) is 9.46. The van der Waals surface area contributed by atoms with E-state index in [4.69, 9.17) is 23.2 Å². The minimum atomic E-state index is -0.653. The third-order valence-corrected chi connectivity index (χ3v) is 6.28. The van der Waals surface area contributed by atoms with Crippen LogP contribution in [0.2, 0.25) is 10.0 Å². The van der Waals surface area contributed by atoms with E-state index in [1.165, 1.54) is 11.0 Å². The minimum Gasteiger partial charge on any atom is -0.352 e. The smallest absolute Gasteiger partial charge is 0.255 e. The van der Waals surface area contributed by atoms with E-state index in [2.05, 4.69) is 10.6 Å². The van der Waals surface area contributed by atoms with Gasteiger partial charge in [-0.1, -0.05) is 35.3 Å². The molecule has 0 spiro atoms. The maximum atomic E-state index is 12.9. The molecule has 2 N–H and O–H groups in total. The van der Waals surface area contributed by atoms with Gasteiger partial charge in [0.05, 0.1) is 10.0 Å². The van der Waals surface area contributed by atoms with Crippen molar-refractivity contribution in [1.82, 2.24) is 15.5 Å². The fraction of sp³-hybridized carbons (Fsp3) is 0.273. The number of piperidine rings is 1. The number of halogens is 2. The van der Waals surface area contributed by atoms with Gasteiger partial charge in [-0.05, 0) is 48.2 Å². The molecule has 160 valence electrons. The molecule has 9 heteroatoms. The molecule has 2 aliphatic heterocycles. The number of nitrogens with one attached hydrogen (secondary N) is 2. The second-order valence-electron chi connectivity index (χ2n) is 7.48. The maximum Gasteiger partial charge on any atom is 0.255 e. The molecule has 7 nitrogen and oxygen atoms in total. The summed E-state index contributed by atoms with van der Waals surface area (Å²) in [4.78, 5) is 50.4. The van der Waals surface area contributed by atoms with Gasteiger partial charge in [-0.15, -0.1) is 0 Å². The summed E-state index contributed by atoms with van der Waals surface area (Å²) in [6.07, 6.45) is 1.05. The molecule has 0 radical (unpaired) electrons. The fourth-order valence-electron chi connectivity index (χ4n) is 3.93. The van der Waals surface area contributed by atoms with E-state index in [1.807, 2.05) is 6.07 Å². The maximum absolute atomic E-state index is 12.9. The van der Waals surface area contributed by atoms with E-state index in [0.29, 0.717) is 47.1 Å². The zero-order valence-electron chi connectivity index (χ0n) is 16.4. The van der Waals surface area contributed by atoms with E-state index in [0.717, 1.165) is 11.1 Å². The standard InChI is InChI=1S/C22H19Cl2N3O4/c23-16-5-4-13(10-17(16)24)20(29)25-9-8-12-2-1-3-14-15(12)11-27(22(14)31)18-6-7-19(28)26-21(18)30/h1-5,10,18H,6-9,11H2,(H,25,29)(H,26,28,30). The Labute approximate surface area is 188 Å². The van der Waals surface area contributed by atoms with Crippen LogP contribution in [0, 0.1) is 0 Å². The van der Waals surface area contributed by atoms with Crippen molar-refractivity contribution in [3.63, 3.8) is 0 Å². The van der Waals surface area contributed by atoms with E-state index < -0.39 is 11.9 Å². The Balaban J connectivity index is 1.43. The van der Waals surface area contributed by atoms with Crippen LogP contribution < -0.4 is 10.6 Å². The summed E-state index contributed by atoms with van der Waals surface area (Å²) in [5.41, 5.74) is 2.74. The molecule has 1 unspecified atom stereocenters. The number of hydrogen-bond acceptors (Lipinski definition) is 4. The Kier molecular flexibility index (Phi) is 5.98. The fourth-order valence-corrected chi connectivity index (χ4v) is 4.23. The van der Waals surface area contributed by atoms with Crippen LogP contribution in [0.3, 0.4) is 0 Å². The van der Waals surface area contributed by atoms with Gasteiger partial charge < -0.3 is 10.2 Å². The van der Waals surface area contributed by atoms with Crippen molar-refractivity contribution in [3.05, 3.63) is 68.7 Å². The van der Waals surface area contributed by atoms with Crippen LogP contribution in [0.15, 0.2) is 36.4 Å². The summed E-state index contributed by atoms with van der Waals surface area (Å²) in [7, 11) is 0. The number of fused-ring (bicyclic) bond motifs is 1. The highest BCUT2D eigenvalue weighted by Gasteiger charge is 2.39. The lowest BCUT2D eigenvalue weighted by Crippen LogP contribution is -2.52. The number of carbonyl (C=O) groups excluding carboxylic acids is 4. The second-order valence-corrected chi connectivity index (χ2v) is 8.29. The number of rotatable bonds is 5. The van der Waals surface area contributed by atoms with Crippen LogP contribution in [0.25, 0.3) is 0 Å². The number of amides is 4. The Morgan fingerprint density at radius 3 is 2.68 bits per heavy atom. The molecule has 1 fully saturated rings. The van der Waals surface area contributed by atoms with Crippen molar-refractivity contribution in [1.29, 1.82) is 0 Å². The van der Waals surface area contributed by atoms with Crippen LogP contribution in [-0.4, -0.2) is 41.1 Å². The molecule has 1 saturated heterocycles. The van der Waals surface area contributed by atoms with Crippen molar-refractivity contribution in [2.24, 2.45) is 0 Å². The van der Waals surface area contributed by atoms with Gasteiger partial charge >= 0.3 is 0 Å². The lowest BCUT2D eigenvalue weighted by Gasteiger charge is -2.29. The SMILES string of the molecule is O=C1CCC(N2Cc3c(CCNC(=O)c4ccc(Cl)c(Cl)c4)cccc3C2=O)C(=O)N1. The molecule has 0 aliphatic carbocycles. The zero-order valence-corrected chi connectivity index (χ0v) is 17.9. The van der Waals surface area contributed by atoms with E-state index in [1.54, 1.807) is 24.3 Å². The molecule has 4 amide bonds. The third-order valence-electron chi connectivity index (χ3n) is 5.54. The van der Waals surface area contributed by atoms with Crippen molar-refractivity contribution >= 4 is 46.8 Å². The quantitative estimate of drug-likeness (QED) is 0.671. The number of hydrogen-bond donors (Lipinski definition) is 2. The number of imide groups is 1. The summed E-state index contributed by atoms with van der Waals surface area (Å²) in [5, 5.41) is 5.83. The van der Waals surface area contributed by atoms with Gasteiger partial charge in [-0.25, -0.2) is 0 Å². The van der Waals surface area contributed by atoms with Gasteiger partial charge in [0.2, 0.25) is 11.8 Å². The first-order chi connectivity index (χ1) is 14.8. The molecular formula is C22H19Cl2N3O4. The van der Waals surface area contributed by atoms with Gasteiger partial charge in [-0.2, -0.15) is 0 Å². The Bertz CT molecular complexity index is 1100. The molecule has 2 aliphatic rings. The number of benzene rings is 2. The first-order valence-corrected chi connectivity index (χ1v) is 10.6. The van der Waals surface area contributed by atoms with Crippen LogP contribution in [0.5, 0.6) is 0 Å². The summed E-state index contributed by atoms with van der Waals surface area (Å²) in [6.45, 7) is 0.666. The van der Waals surface area contributed by atoms with Gasteiger partial charge in [0, 0.05) is 30.6 Å². The molecule has 31 heavy (non-hydrogen) atoms. The molecule has 2 heterocycles. The average molecular weight is 460 g/mol. The highest BCUT2D eigenvalue weighted by molar-refractivity contribution is 6.42. The van der Waals surface area contributed by atoms with Crippen molar-refractivity contribution < 1.29 is 19.2 Å².